The third-order valence-electron chi connectivity index (χ3n) is 4.42. The first-order valence-electron chi connectivity index (χ1n) is 7.98. The van der Waals surface area contributed by atoms with Gasteiger partial charge in [0.25, 0.3) is 0 Å². The van der Waals surface area contributed by atoms with E-state index in [1.165, 1.54) is 30.2 Å². The van der Waals surface area contributed by atoms with E-state index >= 15 is 0 Å². The molecule has 2 aromatic rings. The van der Waals surface area contributed by atoms with E-state index < -0.39 is 0 Å². The third-order valence-corrected chi connectivity index (χ3v) is 4.42. The summed E-state index contributed by atoms with van der Waals surface area (Å²) in [5.41, 5.74) is 2.40. The van der Waals surface area contributed by atoms with Gasteiger partial charge in [-0.3, -0.25) is 9.88 Å². The van der Waals surface area contributed by atoms with Crippen molar-refractivity contribution in [2.45, 2.75) is 51.3 Å². The zero-order chi connectivity index (χ0) is 14.7. The van der Waals surface area contributed by atoms with Crippen LogP contribution >= 0.6 is 0 Å². The molecule has 1 fully saturated rings. The van der Waals surface area contributed by atoms with E-state index in [4.69, 9.17) is 0 Å². The normalized spacial score (nSPS) is 21.5. The van der Waals surface area contributed by atoms with Crippen LogP contribution in [0.5, 0.6) is 0 Å². The van der Waals surface area contributed by atoms with Gasteiger partial charge in [-0.1, -0.05) is 18.6 Å². The van der Waals surface area contributed by atoms with Gasteiger partial charge in [0, 0.05) is 24.2 Å². The summed E-state index contributed by atoms with van der Waals surface area (Å²) in [6, 6.07) is 11.2. The highest BCUT2D eigenvalue weighted by Gasteiger charge is 2.23. The fourth-order valence-electron chi connectivity index (χ4n) is 3.39. The van der Waals surface area contributed by atoms with Crippen molar-refractivity contribution < 1.29 is 5.11 Å². The van der Waals surface area contributed by atoms with Crippen LogP contribution < -0.4 is 0 Å². The number of aliphatic hydroxyl groups excluding tert-OH is 1. The summed E-state index contributed by atoms with van der Waals surface area (Å²) < 4.78 is 0. The maximum Gasteiger partial charge on any atom is 0.0702 e. The van der Waals surface area contributed by atoms with Crippen LogP contribution in [0.3, 0.4) is 0 Å². The van der Waals surface area contributed by atoms with E-state index in [-0.39, 0.29) is 6.10 Å². The van der Waals surface area contributed by atoms with Crippen LogP contribution in [0.25, 0.3) is 10.9 Å². The Morgan fingerprint density at radius 1 is 1.33 bits per heavy atom. The molecule has 0 saturated carbocycles. The molecule has 3 rings (SSSR count). The van der Waals surface area contributed by atoms with Gasteiger partial charge in [-0.2, -0.15) is 0 Å². The van der Waals surface area contributed by atoms with Crippen molar-refractivity contribution in [3.63, 3.8) is 0 Å². The molecule has 1 aliphatic rings. The summed E-state index contributed by atoms with van der Waals surface area (Å²) >= 11 is 0. The molecule has 0 spiro atoms. The molecule has 3 heteroatoms. The minimum absolute atomic E-state index is 0.212. The monoisotopic (exact) mass is 284 g/mol. The van der Waals surface area contributed by atoms with E-state index in [0.717, 1.165) is 25.0 Å². The van der Waals surface area contributed by atoms with E-state index in [9.17, 15) is 5.11 Å². The summed E-state index contributed by atoms with van der Waals surface area (Å²) in [7, 11) is 0. The van der Waals surface area contributed by atoms with Crippen LogP contribution in [0.2, 0.25) is 0 Å². The minimum atomic E-state index is -0.212. The Balaban J connectivity index is 1.75. The summed E-state index contributed by atoms with van der Waals surface area (Å²) in [4.78, 5) is 6.91. The number of aromatic nitrogens is 1. The number of pyridine rings is 1. The molecule has 21 heavy (non-hydrogen) atoms. The molecule has 1 aromatic carbocycles. The molecular weight excluding hydrogens is 260 g/mol. The lowest BCUT2D eigenvalue weighted by molar-refractivity contribution is 0.0818. The molecule has 1 aliphatic heterocycles. The van der Waals surface area contributed by atoms with Crippen molar-refractivity contribution in [3.8, 4) is 0 Å². The molecule has 0 bridgehead atoms. The van der Waals surface area contributed by atoms with E-state index in [0.29, 0.717) is 6.04 Å². The van der Waals surface area contributed by atoms with Gasteiger partial charge in [-0.05, 0) is 56.5 Å². The summed E-state index contributed by atoms with van der Waals surface area (Å²) in [6.45, 7) is 4.01. The van der Waals surface area contributed by atoms with Crippen molar-refractivity contribution in [1.82, 2.24) is 9.88 Å². The second kappa shape index (κ2) is 6.54. The van der Waals surface area contributed by atoms with Crippen LogP contribution in [0, 0.1) is 0 Å². The summed E-state index contributed by atoms with van der Waals surface area (Å²) in [5.74, 6) is 0. The molecule has 112 valence electrons. The third kappa shape index (κ3) is 3.60. The molecule has 2 heterocycles. The van der Waals surface area contributed by atoms with E-state index in [2.05, 4.69) is 34.1 Å². The summed E-state index contributed by atoms with van der Waals surface area (Å²) in [6.07, 6.45) is 6.28. The molecule has 0 amide bonds. The molecule has 1 saturated heterocycles. The van der Waals surface area contributed by atoms with Crippen LogP contribution in [-0.4, -0.2) is 33.7 Å². The molecule has 2 unspecified atom stereocenters. The Kier molecular flexibility index (Phi) is 4.51. The SMILES string of the molecule is CC(O)CC1CCCCN1Cc1ccc2ncccc2c1. The topological polar surface area (TPSA) is 36.4 Å². The number of nitrogens with zero attached hydrogens (tertiary/aromatic N) is 2. The highest BCUT2D eigenvalue weighted by Crippen LogP contribution is 2.24. The number of fused-ring (bicyclic) bond motifs is 1. The zero-order valence-corrected chi connectivity index (χ0v) is 12.7. The maximum atomic E-state index is 9.69. The van der Waals surface area contributed by atoms with Gasteiger partial charge >= 0.3 is 0 Å². The van der Waals surface area contributed by atoms with E-state index in [1.807, 2.05) is 19.2 Å². The Bertz CT molecular complexity index is 597. The quantitative estimate of drug-likeness (QED) is 0.935. The number of rotatable bonds is 4. The average Bonchev–Trinajstić information content (AvgIpc) is 2.49. The lowest BCUT2D eigenvalue weighted by Crippen LogP contribution is -2.40. The van der Waals surface area contributed by atoms with Gasteiger partial charge in [0.05, 0.1) is 11.6 Å². The summed E-state index contributed by atoms with van der Waals surface area (Å²) in [5, 5.41) is 10.9. The molecule has 0 aliphatic carbocycles. The van der Waals surface area contributed by atoms with Gasteiger partial charge in [0.15, 0.2) is 0 Å². The van der Waals surface area contributed by atoms with Crippen molar-refractivity contribution >= 4 is 10.9 Å². The molecule has 1 aromatic heterocycles. The molecular formula is C18H24N2O. The first-order valence-corrected chi connectivity index (χ1v) is 7.98. The zero-order valence-electron chi connectivity index (χ0n) is 12.7. The Morgan fingerprint density at radius 2 is 2.24 bits per heavy atom. The van der Waals surface area contributed by atoms with Crippen LogP contribution in [0.4, 0.5) is 0 Å². The second-order valence-corrected chi connectivity index (χ2v) is 6.24. The first kappa shape index (κ1) is 14.5. The van der Waals surface area contributed by atoms with Crippen LogP contribution in [0.15, 0.2) is 36.5 Å². The predicted molar refractivity (Wildman–Crippen MR) is 86.1 cm³/mol. The molecule has 1 N–H and O–H groups in total. The highest BCUT2D eigenvalue weighted by atomic mass is 16.3. The largest absolute Gasteiger partial charge is 0.393 e. The lowest BCUT2D eigenvalue weighted by atomic mass is 9.96. The minimum Gasteiger partial charge on any atom is -0.393 e. The van der Waals surface area contributed by atoms with Gasteiger partial charge in [0.1, 0.15) is 0 Å². The van der Waals surface area contributed by atoms with Crippen molar-refractivity contribution in [2.75, 3.05) is 6.54 Å². The lowest BCUT2D eigenvalue weighted by Gasteiger charge is -2.36. The molecule has 2 atom stereocenters. The van der Waals surface area contributed by atoms with Crippen molar-refractivity contribution in [1.29, 1.82) is 0 Å². The number of hydrogen-bond donors (Lipinski definition) is 1. The Morgan fingerprint density at radius 3 is 3.10 bits per heavy atom. The van der Waals surface area contributed by atoms with Crippen molar-refractivity contribution in [3.05, 3.63) is 42.1 Å². The number of likely N-dealkylation sites (tertiary alicyclic amines) is 1. The molecule has 0 radical (unpaired) electrons. The first-order chi connectivity index (χ1) is 10.2. The predicted octanol–water partition coefficient (Wildman–Crippen LogP) is 3.36. The van der Waals surface area contributed by atoms with Gasteiger partial charge in [-0.25, -0.2) is 0 Å². The number of hydrogen-bond acceptors (Lipinski definition) is 3. The highest BCUT2D eigenvalue weighted by molar-refractivity contribution is 5.78. The van der Waals surface area contributed by atoms with Crippen molar-refractivity contribution in [2.24, 2.45) is 0 Å². The second-order valence-electron chi connectivity index (χ2n) is 6.24. The Hall–Kier alpha value is -1.45. The Labute approximate surface area is 126 Å². The number of piperidine rings is 1. The number of benzene rings is 1. The van der Waals surface area contributed by atoms with Crippen LogP contribution in [0.1, 0.15) is 38.2 Å². The van der Waals surface area contributed by atoms with Crippen LogP contribution in [-0.2, 0) is 6.54 Å². The maximum absolute atomic E-state index is 9.69. The number of aliphatic hydroxyl groups is 1. The molecule has 3 nitrogen and oxygen atoms in total. The van der Waals surface area contributed by atoms with E-state index in [1.54, 1.807) is 0 Å². The van der Waals surface area contributed by atoms with Gasteiger partial charge in [-0.15, -0.1) is 0 Å². The fraction of sp³-hybridized carbons (Fsp3) is 0.500. The van der Waals surface area contributed by atoms with Gasteiger partial charge in [0.2, 0.25) is 0 Å². The fourth-order valence-corrected chi connectivity index (χ4v) is 3.39. The smallest absolute Gasteiger partial charge is 0.0702 e. The average molecular weight is 284 g/mol. The van der Waals surface area contributed by atoms with Gasteiger partial charge < -0.3 is 5.11 Å². The standard InChI is InChI=1S/C18H24N2O/c1-14(21)11-17-6-2-3-10-20(17)13-15-7-8-18-16(12-15)5-4-9-19-18/h4-5,7-9,12,14,17,21H,2-3,6,10-11,13H2,1H3.